The van der Waals surface area contributed by atoms with Gasteiger partial charge in [-0.3, -0.25) is 19.7 Å². The lowest BCUT2D eigenvalue weighted by Gasteiger charge is -2.32. The van der Waals surface area contributed by atoms with E-state index in [1.54, 1.807) is 0 Å². The maximum atomic E-state index is 11.2. The van der Waals surface area contributed by atoms with Crippen molar-refractivity contribution in [2.24, 2.45) is 5.73 Å². The Hall–Kier alpha value is -2.93. The number of piperidine rings is 1. The molecule has 1 fully saturated rings. The molecule has 1 aromatic carbocycles. The minimum atomic E-state index is -0.352. The SMILES string of the molecule is Cc1cnc(CN2CCC(Oc3cccc4c3ccn4CC(N)=O)CC2)cn1. The molecular weight excluding hydrogens is 354 g/mol. The first kappa shape index (κ1) is 18.4. The van der Waals surface area contributed by atoms with Gasteiger partial charge < -0.3 is 15.0 Å². The van der Waals surface area contributed by atoms with Crippen LogP contribution in [0.25, 0.3) is 10.9 Å². The molecule has 0 saturated carbocycles. The first-order chi connectivity index (χ1) is 13.6. The predicted molar refractivity (Wildman–Crippen MR) is 107 cm³/mol. The number of likely N-dealkylation sites (tertiary alicyclic amines) is 1. The van der Waals surface area contributed by atoms with Gasteiger partial charge in [-0.25, -0.2) is 0 Å². The maximum absolute atomic E-state index is 11.2. The maximum Gasteiger partial charge on any atom is 0.237 e. The van der Waals surface area contributed by atoms with Crippen molar-refractivity contribution >= 4 is 16.8 Å². The summed E-state index contributed by atoms with van der Waals surface area (Å²) >= 11 is 0. The lowest BCUT2D eigenvalue weighted by atomic mass is 10.1. The molecule has 1 aliphatic heterocycles. The zero-order valence-electron chi connectivity index (χ0n) is 16.0. The summed E-state index contributed by atoms with van der Waals surface area (Å²) in [6.07, 6.45) is 7.68. The Bertz CT molecular complexity index is 959. The van der Waals surface area contributed by atoms with Crippen LogP contribution in [0, 0.1) is 6.92 Å². The standard InChI is InChI=1S/C21H25N5O2/c1-15-11-24-16(12-23-15)13-25-8-5-17(6-9-25)28-20-4-2-3-19-18(20)7-10-26(19)14-21(22)27/h2-4,7,10-12,17H,5-6,8-9,13-14H2,1H3,(H2,22,27). The molecule has 0 aliphatic carbocycles. The molecule has 2 N–H and O–H groups in total. The van der Waals surface area contributed by atoms with E-state index in [0.717, 1.165) is 60.5 Å². The van der Waals surface area contributed by atoms with Crippen molar-refractivity contribution in [2.75, 3.05) is 13.1 Å². The van der Waals surface area contributed by atoms with Crippen molar-refractivity contribution in [3.8, 4) is 5.75 Å². The number of primary amides is 1. The van der Waals surface area contributed by atoms with Gasteiger partial charge >= 0.3 is 0 Å². The number of benzene rings is 1. The summed E-state index contributed by atoms with van der Waals surface area (Å²) in [6.45, 7) is 4.89. The van der Waals surface area contributed by atoms with Crippen LogP contribution in [0.15, 0.2) is 42.9 Å². The highest BCUT2D eigenvalue weighted by Crippen LogP contribution is 2.29. The third-order valence-electron chi connectivity index (χ3n) is 5.15. The Morgan fingerprint density at radius 2 is 2.04 bits per heavy atom. The summed E-state index contributed by atoms with van der Waals surface area (Å²) in [7, 11) is 0. The van der Waals surface area contributed by atoms with Gasteiger partial charge in [0.15, 0.2) is 0 Å². The van der Waals surface area contributed by atoms with Gasteiger partial charge in [0.1, 0.15) is 18.4 Å². The number of rotatable bonds is 6. The summed E-state index contributed by atoms with van der Waals surface area (Å²) in [6, 6.07) is 7.92. The fourth-order valence-corrected chi connectivity index (χ4v) is 3.70. The summed E-state index contributed by atoms with van der Waals surface area (Å²) in [4.78, 5) is 22.4. The molecule has 0 radical (unpaired) electrons. The summed E-state index contributed by atoms with van der Waals surface area (Å²) in [5, 5.41) is 1.01. The van der Waals surface area contributed by atoms with Crippen molar-refractivity contribution in [3.05, 3.63) is 54.2 Å². The molecule has 3 aromatic rings. The molecule has 146 valence electrons. The predicted octanol–water partition coefficient (Wildman–Crippen LogP) is 2.27. The summed E-state index contributed by atoms with van der Waals surface area (Å²) < 4.78 is 8.17. The topological polar surface area (TPSA) is 86.3 Å². The van der Waals surface area contributed by atoms with Crippen molar-refractivity contribution < 1.29 is 9.53 Å². The smallest absolute Gasteiger partial charge is 0.237 e. The number of carbonyl (C=O) groups is 1. The lowest BCUT2D eigenvalue weighted by Crippen LogP contribution is -2.38. The largest absolute Gasteiger partial charge is 0.490 e. The number of hydrogen-bond donors (Lipinski definition) is 1. The van der Waals surface area contributed by atoms with E-state index in [1.165, 1.54) is 0 Å². The number of nitrogens with two attached hydrogens (primary N) is 1. The second-order valence-corrected chi connectivity index (χ2v) is 7.34. The molecule has 0 bridgehead atoms. The van der Waals surface area contributed by atoms with Crippen LogP contribution in [0.1, 0.15) is 24.2 Å². The zero-order valence-corrected chi connectivity index (χ0v) is 16.0. The van der Waals surface area contributed by atoms with E-state index in [4.69, 9.17) is 10.5 Å². The van der Waals surface area contributed by atoms with Crippen LogP contribution in [-0.4, -0.2) is 44.5 Å². The molecule has 7 heteroatoms. The molecule has 28 heavy (non-hydrogen) atoms. The molecule has 1 amide bonds. The number of aromatic nitrogens is 3. The van der Waals surface area contributed by atoms with E-state index < -0.39 is 0 Å². The minimum Gasteiger partial charge on any atom is -0.490 e. The number of amides is 1. The van der Waals surface area contributed by atoms with E-state index in [-0.39, 0.29) is 18.6 Å². The second-order valence-electron chi connectivity index (χ2n) is 7.34. The highest BCUT2D eigenvalue weighted by atomic mass is 16.5. The van der Waals surface area contributed by atoms with Gasteiger partial charge in [-0.1, -0.05) is 6.07 Å². The highest BCUT2D eigenvalue weighted by molar-refractivity contribution is 5.87. The van der Waals surface area contributed by atoms with Crippen molar-refractivity contribution in [3.63, 3.8) is 0 Å². The van der Waals surface area contributed by atoms with Crippen molar-refractivity contribution in [1.29, 1.82) is 0 Å². The van der Waals surface area contributed by atoms with E-state index in [1.807, 2.05) is 54.3 Å². The molecule has 3 heterocycles. The van der Waals surface area contributed by atoms with E-state index in [0.29, 0.717) is 0 Å². The third kappa shape index (κ3) is 4.14. The van der Waals surface area contributed by atoms with Gasteiger partial charge in [-0.2, -0.15) is 0 Å². The quantitative estimate of drug-likeness (QED) is 0.710. The Morgan fingerprint density at radius 3 is 2.75 bits per heavy atom. The van der Waals surface area contributed by atoms with Gasteiger partial charge in [-0.05, 0) is 38.0 Å². The molecule has 1 saturated heterocycles. The molecule has 7 nitrogen and oxygen atoms in total. The van der Waals surface area contributed by atoms with Gasteiger partial charge in [0.2, 0.25) is 5.91 Å². The van der Waals surface area contributed by atoms with Crippen molar-refractivity contribution in [2.45, 2.75) is 39.0 Å². The van der Waals surface area contributed by atoms with Crippen LogP contribution in [0.3, 0.4) is 0 Å². The Balaban J connectivity index is 1.37. The van der Waals surface area contributed by atoms with Crippen molar-refractivity contribution in [1.82, 2.24) is 19.4 Å². The Kier molecular flexibility index (Phi) is 5.25. The second kappa shape index (κ2) is 7.98. The van der Waals surface area contributed by atoms with E-state index >= 15 is 0 Å². The van der Waals surface area contributed by atoms with Gasteiger partial charge in [0, 0.05) is 43.6 Å². The first-order valence-corrected chi connectivity index (χ1v) is 9.61. The molecule has 1 aliphatic rings. The van der Waals surface area contributed by atoms with Crippen LogP contribution in [0.4, 0.5) is 0 Å². The van der Waals surface area contributed by atoms with Crippen LogP contribution >= 0.6 is 0 Å². The summed E-state index contributed by atoms with van der Waals surface area (Å²) in [5.41, 5.74) is 8.24. The van der Waals surface area contributed by atoms with Gasteiger partial charge in [-0.15, -0.1) is 0 Å². The number of carbonyl (C=O) groups excluding carboxylic acids is 1. The van der Waals surface area contributed by atoms with Crippen LogP contribution < -0.4 is 10.5 Å². The molecule has 0 unspecified atom stereocenters. The Morgan fingerprint density at radius 1 is 1.21 bits per heavy atom. The number of nitrogens with zero attached hydrogens (tertiary/aromatic N) is 4. The number of hydrogen-bond acceptors (Lipinski definition) is 5. The van der Waals surface area contributed by atoms with Crippen LogP contribution in [0.2, 0.25) is 0 Å². The van der Waals surface area contributed by atoms with Crippen LogP contribution in [-0.2, 0) is 17.9 Å². The average molecular weight is 379 g/mol. The normalized spacial score (nSPS) is 15.8. The number of ether oxygens (including phenoxy) is 1. The van der Waals surface area contributed by atoms with E-state index in [9.17, 15) is 4.79 Å². The third-order valence-corrected chi connectivity index (χ3v) is 5.15. The molecule has 0 atom stereocenters. The minimum absolute atomic E-state index is 0.174. The Labute approximate surface area is 164 Å². The molecule has 2 aromatic heterocycles. The van der Waals surface area contributed by atoms with Crippen LogP contribution in [0.5, 0.6) is 5.75 Å². The van der Waals surface area contributed by atoms with E-state index in [2.05, 4.69) is 14.9 Å². The molecule has 4 rings (SSSR count). The highest BCUT2D eigenvalue weighted by Gasteiger charge is 2.22. The lowest BCUT2D eigenvalue weighted by molar-refractivity contribution is -0.118. The average Bonchev–Trinajstić information content (AvgIpc) is 3.08. The fourth-order valence-electron chi connectivity index (χ4n) is 3.70. The molecule has 0 spiro atoms. The fraction of sp³-hybridized carbons (Fsp3) is 0.381. The first-order valence-electron chi connectivity index (χ1n) is 9.61. The molecular formula is C21H25N5O2. The van der Waals surface area contributed by atoms with Gasteiger partial charge in [0.25, 0.3) is 0 Å². The summed E-state index contributed by atoms with van der Waals surface area (Å²) in [5.74, 6) is 0.512. The number of fused-ring (bicyclic) bond motifs is 1. The number of aryl methyl sites for hydroxylation is 1. The monoisotopic (exact) mass is 379 g/mol. The zero-order chi connectivity index (χ0) is 19.5. The van der Waals surface area contributed by atoms with Gasteiger partial charge in [0.05, 0.1) is 16.9 Å².